The summed E-state index contributed by atoms with van der Waals surface area (Å²) in [4.78, 5) is 0. The Bertz CT molecular complexity index is 369. The molecule has 0 spiro atoms. The van der Waals surface area contributed by atoms with Gasteiger partial charge < -0.3 is 5.32 Å². The molecule has 0 amide bonds. The highest BCUT2D eigenvalue weighted by atomic mass is 19.1. The number of hydrogen-bond donors (Lipinski definition) is 1. The second-order valence-corrected chi connectivity index (χ2v) is 5.48. The summed E-state index contributed by atoms with van der Waals surface area (Å²) < 4.78 is 26.4. The van der Waals surface area contributed by atoms with Gasteiger partial charge in [0.15, 0.2) is 0 Å². The van der Waals surface area contributed by atoms with Crippen LogP contribution >= 0.6 is 0 Å². The molecule has 1 aromatic rings. The topological polar surface area (TPSA) is 12.0 Å². The van der Waals surface area contributed by atoms with Crippen LogP contribution in [-0.4, -0.2) is 13.1 Å². The van der Waals surface area contributed by atoms with Crippen molar-refractivity contribution in [2.75, 3.05) is 7.05 Å². The standard InChI is InChI=1S/C14H21F2N/c1-14(2,3)13(17-4)8-5-10-9-11(15)6-7-12(10)16/h6-7,9,13,17H,5,8H2,1-4H3. The molecule has 0 bridgehead atoms. The van der Waals surface area contributed by atoms with E-state index < -0.39 is 0 Å². The van der Waals surface area contributed by atoms with Gasteiger partial charge in [-0.1, -0.05) is 20.8 Å². The monoisotopic (exact) mass is 241 g/mol. The molecule has 0 aliphatic heterocycles. The van der Waals surface area contributed by atoms with Crippen molar-refractivity contribution in [2.45, 2.75) is 39.7 Å². The second kappa shape index (κ2) is 5.58. The van der Waals surface area contributed by atoms with Crippen molar-refractivity contribution in [3.8, 4) is 0 Å². The maximum Gasteiger partial charge on any atom is 0.126 e. The van der Waals surface area contributed by atoms with Crippen LogP contribution in [0, 0.1) is 17.0 Å². The van der Waals surface area contributed by atoms with E-state index in [-0.39, 0.29) is 23.1 Å². The van der Waals surface area contributed by atoms with E-state index >= 15 is 0 Å². The lowest BCUT2D eigenvalue weighted by Gasteiger charge is -2.30. The lowest BCUT2D eigenvalue weighted by Crippen LogP contribution is -2.38. The molecule has 1 rings (SSSR count). The van der Waals surface area contributed by atoms with Crippen LogP contribution in [0.25, 0.3) is 0 Å². The first-order chi connectivity index (χ1) is 7.84. The molecule has 1 unspecified atom stereocenters. The molecule has 17 heavy (non-hydrogen) atoms. The molecule has 0 heterocycles. The first-order valence-corrected chi connectivity index (χ1v) is 5.96. The van der Waals surface area contributed by atoms with Gasteiger partial charge in [-0.3, -0.25) is 0 Å². The third-order valence-corrected chi connectivity index (χ3v) is 3.10. The summed E-state index contributed by atoms with van der Waals surface area (Å²) in [7, 11) is 1.90. The van der Waals surface area contributed by atoms with Gasteiger partial charge in [0.1, 0.15) is 11.6 Å². The molecular formula is C14H21F2N. The fourth-order valence-corrected chi connectivity index (χ4v) is 2.05. The van der Waals surface area contributed by atoms with Crippen molar-refractivity contribution >= 4 is 0 Å². The number of hydrogen-bond acceptors (Lipinski definition) is 1. The normalized spacial score (nSPS) is 13.8. The molecule has 1 nitrogen and oxygen atoms in total. The molecule has 0 radical (unpaired) electrons. The van der Waals surface area contributed by atoms with Gasteiger partial charge in [0.05, 0.1) is 0 Å². The highest BCUT2D eigenvalue weighted by Gasteiger charge is 2.22. The van der Waals surface area contributed by atoms with E-state index in [0.29, 0.717) is 12.0 Å². The maximum atomic E-state index is 13.4. The van der Waals surface area contributed by atoms with Crippen molar-refractivity contribution < 1.29 is 8.78 Å². The molecular weight excluding hydrogens is 220 g/mol. The van der Waals surface area contributed by atoms with Gasteiger partial charge in [-0.15, -0.1) is 0 Å². The summed E-state index contributed by atoms with van der Waals surface area (Å²) in [5.41, 5.74) is 0.563. The SMILES string of the molecule is CNC(CCc1cc(F)ccc1F)C(C)(C)C. The van der Waals surface area contributed by atoms with Gasteiger partial charge in [-0.05, 0) is 49.1 Å². The fraction of sp³-hybridized carbons (Fsp3) is 0.571. The third kappa shape index (κ3) is 4.08. The number of rotatable bonds is 4. The average Bonchev–Trinajstić information content (AvgIpc) is 2.22. The summed E-state index contributed by atoms with van der Waals surface area (Å²) in [5.74, 6) is -0.701. The summed E-state index contributed by atoms with van der Waals surface area (Å²) in [5, 5.41) is 3.23. The van der Waals surface area contributed by atoms with Gasteiger partial charge in [0.25, 0.3) is 0 Å². The van der Waals surface area contributed by atoms with Gasteiger partial charge >= 0.3 is 0 Å². The summed E-state index contributed by atoms with van der Waals surface area (Å²) >= 11 is 0. The minimum absolute atomic E-state index is 0.110. The molecule has 3 heteroatoms. The average molecular weight is 241 g/mol. The molecule has 96 valence electrons. The molecule has 1 atom stereocenters. The predicted molar refractivity (Wildman–Crippen MR) is 67.0 cm³/mol. The third-order valence-electron chi connectivity index (χ3n) is 3.10. The van der Waals surface area contributed by atoms with Crippen molar-refractivity contribution in [1.82, 2.24) is 5.32 Å². The van der Waals surface area contributed by atoms with Crippen LogP contribution in [0.2, 0.25) is 0 Å². The van der Waals surface area contributed by atoms with E-state index in [1.807, 2.05) is 7.05 Å². The molecule has 1 N–H and O–H groups in total. The lowest BCUT2D eigenvalue weighted by atomic mass is 9.83. The molecule has 0 fully saturated rings. The Morgan fingerprint density at radius 2 is 1.88 bits per heavy atom. The van der Waals surface area contributed by atoms with E-state index in [1.54, 1.807) is 0 Å². The minimum atomic E-state index is -0.377. The molecule has 0 saturated carbocycles. The number of aryl methyl sites for hydroxylation is 1. The molecule has 0 aliphatic rings. The predicted octanol–water partition coefficient (Wildman–Crippen LogP) is 3.53. The second-order valence-electron chi connectivity index (χ2n) is 5.48. The smallest absolute Gasteiger partial charge is 0.126 e. The zero-order valence-corrected chi connectivity index (χ0v) is 11.0. The quantitative estimate of drug-likeness (QED) is 0.850. The molecule has 0 aromatic heterocycles. The number of halogens is 2. The van der Waals surface area contributed by atoms with Crippen LogP contribution in [0.3, 0.4) is 0 Å². The van der Waals surface area contributed by atoms with Gasteiger partial charge in [-0.2, -0.15) is 0 Å². The van der Waals surface area contributed by atoms with Crippen LogP contribution in [0.5, 0.6) is 0 Å². The zero-order valence-electron chi connectivity index (χ0n) is 11.0. The maximum absolute atomic E-state index is 13.4. The lowest BCUT2D eigenvalue weighted by molar-refractivity contribution is 0.267. The number of benzene rings is 1. The Morgan fingerprint density at radius 1 is 1.24 bits per heavy atom. The van der Waals surface area contributed by atoms with Crippen LogP contribution in [0.4, 0.5) is 8.78 Å². The zero-order chi connectivity index (χ0) is 13.1. The summed E-state index contributed by atoms with van der Waals surface area (Å²) in [6.45, 7) is 6.41. The van der Waals surface area contributed by atoms with Crippen molar-refractivity contribution in [3.63, 3.8) is 0 Å². The van der Waals surface area contributed by atoms with Crippen molar-refractivity contribution in [1.29, 1.82) is 0 Å². The Labute approximate surface area is 102 Å². The Balaban J connectivity index is 2.69. The molecule has 1 aromatic carbocycles. The summed E-state index contributed by atoms with van der Waals surface area (Å²) in [6, 6.07) is 3.91. The van der Waals surface area contributed by atoms with Crippen LogP contribution in [0.15, 0.2) is 18.2 Å². The first kappa shape index (κ1) is 14.1. The van der Waals surface area contributed by atoms with Gasteiger partial charge in [-0.25, -0.2) is 8.78 Å². The van der Waals surface area contributed by atoms with E-state index in [0.717, 1.165) is 12.5 Å². The Kier molecular flexibility index (Phi) is 4.63. The van der Waals surface area contributed by atoms with E-state index in [9.17, 15) is 8.78 Å². The molecule has 0 aliphatic carbocycles. The van der Waals surface area contributed by atoms with Crippen molar-refractivity contribution in [2.24, 2.45) is 5.41 Å². The molecule has 0 saturated heterocycles. The minimum Gasteiger partial charge on any atom is -0.316 e. The van der Waals surface area contributed by atoms with E-state index in [1.165, 1.54) is 12.1 Å². The van der Waals surface area contributed by atoms with E-state index in [2.05, 4.69) is 26.1 Å². The van der Waals surface area contributed by atoms with Crippen molar-refractivity contribution in [3.05, 3.63) is 35.4 Å². The highest BCUT2D eigenvalue weighted by molar-refractivity contribution is 5.19. The van der Waals surface area contributed by atoms with Crippen LogP contribution < -0.4 is 5.32 Å². The largest absolute Gasteiger partial charge is 0.316 e. The van der Waals surface area contributed by atoms with Gasteiger partial charge in [0.2, 0.25) is 0 Å². The Morgan fingerprint density at radius 3 is 2.41 bits per heavy atom. The fourth-order valence-electron chi connectivity index (χ4n) is 2.05. The van der Waals surface area contributed by atoms with Crippen LogP contribution in [-0.2, 0) is 6.42 Å². The van der Waals surface area contributed by atoms with E-state index in [4.69, 9.17) is 0 Å². The first-order valence-electron chi connectivity index (χ1n) is 5.96. The summed E-state index contributed by atoms with van der Waals surface area (Å²) in [6.07, 6.45) is 1.34. The number of nitrogens with one attached hydrogen (secondary N) is 1. The van der Waals surface area contributed by atoms with Gasteiger partial charge in [0, 0.05) is 6.04 Å². The Hall–Kier alpha value is -0.960. The van der Waals surface area contributed by atoms with Crippen LogP contribution in [0.1, 0.15) is 32.8 Å². The highest BCUT2D eigenvalue weighted by Crippen LogP contribution is 2.23.